The molecule has 0 radical (unpaired) electrons. The van der Waals surface area contributed by atoms with Gasteiger partial charge in [0.25, 0.3) is 0 Å². The summed E-state index contributed by atoms with van der Waals surface area (Å²) in [6.07, 6.45) is -2.48. The monoisotopic (exact) mass is 345 g/mol. The molecule has 0 fully saturated rings. The van der Waals surface area contributed by atoms with Gasteiger partial charge in [-0.05, 0) is 13.8 Å². The number of nitrogens with zero attached hydrogens (tertiary/aromatic N) is 4. The Morgan fingerprint density at radius 2 is 2.04 bits per heavy atom. The summed E-state index contributed by atoms with van der Waals surface area (Å²) < 4.78 is 42.7. The van der Waals surface area contributed by atoms with Gasteiger partial charge in [-0.1, -0.05) is 0 Å². The van der Waals surface area contributed by atoms with Crippen LogP contribution < -0.4 is 5.32 Å². The number of aryl methyl sites for hydroxylation is 1. The van der Waals surface area contributed by atoms with Crippen LogP contribution in [0.5, 0.6) is 0 Å². The zero-order valence-corrected chi connectivity index (χ0v) is 13.4. The van der Waals surface area contributed by atoms with Gasteiger partial charge in [-0.25, -0.2) is 9.67 Å². The molecule has 24 heavy (non-hydrogen) atoms. The smallest absolute Gasteiger partial charge is 0.374 e. The van der Waals surface area contributed by atoms with E-state index in [0.29, 0.717) is 0 Å². The van der Waals surface area contributed by atoms with E-state index in [4.69, 9.17) is 0 Å². The first kappa shape index (κ1) is 18.0. The Kier molecular flexibility index (Phi) is 4.70. The quantitative estimate of drug-likeness (QED) is 0.868. The summed E-state index contributed by atoms with van der Waals surface area (Å²) in [7, 11) is 1.31. The number of amides is 1. The molecule has 0 saturated heterocycles. The lowest BCUT2D eigenvalue weighted by Crippen LogP contribution is -2.47. The molecule has 0 saturated carbocycles. The van der Waals surface area contributed by atoms with E-state index in [1.807, 2.05) is 13.8 Å². The highest BCUT2D eigenvalue weighted by Gasteiger charge is 2.58. The van der Waals surface area contributed by atoms with E-state index < -0.39 is 29.9 Å². The highest BCUT2D eigenvalue weighted by Crippen LogP contribution is 2.40. The van der Waals surface area contributed by atoms with Crippen molar-refractivity contribution in [3.63, 3.8) is 0 Å². The van der Waals surface area contributed by atoms with E-state index in [2.05, 4.69) is 15.4 Å². The van der Waals surface area contributed by atoms with Gasteiger partial charge in [0, 0.05) is 31.5 Å². The van der Waals surface area contributed by atoms with E-state index in [0.717, 1.165) is 10.8 Å². The van der Waals surface area contributed by atoms with Crippen molar-refractivity contribution in [2.75, 3.05) is 5.32 Å². The third-order valence-corrected chi connectivity index (χ3v) is 3.50. The molecule has 132 valence electrons. The van der Waals surface area contributed by atoms with E-state index >= 15 is 0 Å². The van der Waals surface area contributed by atoms with Gasteiger partial charge in [0.1, 0.15) is 5.82 Å². The highest BCUT2D eigenvalue weighted by molar-refractivity contribution is 5.90. The number of nitrogens with one attached hydrogen (secondary N) is 1. The van der Waals surface area contributed by atoms with Gasteiger partial charge in [-0.3, -0.25) is 4.79 Å². The van der Waals surface area contributed by atoms with Crippen molar-refractivity contribution in [1.82, 2.24) is 19.3 Å². The molecule has 0 spiro atoms. The number of alkyl halides is 3. The van der Waals surface area contributed by atoms with Crippen molar-refractivity contribution in [2.24, 2.45) is 7.05 Å². The van der Waals surface area contributed by atoms with Crippen LogP contribution in [0.2, 0.25) is 0 Å². The van der Waals surface area contributed by atoms with Gasteiger partial charge < -0.3 is 15.0 Å². The van der Waals surface area contributed by atoms with E-state index in [-0.39, 0.29) is 11.9 Å². The molecule has 0 aliphatic carbocycles. The fourth-order valence-electron chi connectivity index (χ4n) is 2.31. The van der Waals surface area contributed by atoms with E-state index in [9.17, 15) is 23.1 Å². The minimum Gasteiger partial charge on any atom is -0.374 e. The molecule has 1 atom stereocenters. The summed E-state index contributed by atoms with van der Waals surface area (Å²) in [4.78, 5) is 15.7. The standard InChI is InChI=1S/C14H18F3N5O2/c1-9(2)22-10(4-5-19-22)20-11(23)8-13(24,14(15,16)17)12-18-6-7-21(12)3/h4-7,9,24H,8H2,1-3H3,(H,20,23). The first-order valence-corrected chi connectivity index (χ1v) is 7.16. The summed E-state index contributed by atoms with van der Waals surface area (Å²) in [5, 5.41) is 16.5. The van der Waals surface area contributed by atoms with Crippen LogP contribution in [0.4, 0.5) is 19.0 Å². The van der Waals surface area contributed by atoms with Crippen LogP contribution in [0.3, 0.4) is 0 Å². The second-order valence-electron chi connectivity index (χ2n) is 5.70. The second-order valence-corrected chi connectivity index (χ2v) is 5.70. The Morgan fingerprint density at radius 1 is 1.38 bits per heavy atom. The van der Waals surface area contributed by atoms with Crippen molar-refractivity contribution < 1.29 is 23.1 Å². The molecule has 2 rings (SSSR count). The molecule has 7 nitrogen and oxygen atoms in total. The van der Waals surface area contributed by atoms with Crippen LogP contribution in [-0.2, 0) is 17.4 Å². The summed E-state index contributed by atoms with van der Waals surface area (Å²) in [6, 6.07) is 1.37. The van der Waals surface area contributed by atoms with Crippen LogP contribution in [0.25, 0.3) is 0 Å². The van der Waals surface area contributed by atoms with Gasteiger partial charge in [-0.15, -0.1) is 0 Å². The summed E-state index contributed by atoms with van der Waals surface area (Å²) in [5.41, 5.74) is -3.39. The molecular weight excluding hydrogens is 327 g/mol. The van der Waals surface area contributed by atoms with Crippen molar-refractivity contribution in [2.45, 2.75) is 38.1 Å². The Balaban J connectivity index is 2.26. The molecule has 10 heteroatoms. The highest BCUT2D eigenvalue weighted by atomic mass is 19.4. The van der Waals surface area contributed by atoms with Crippen LogP contribution in [0.15, 0.2) is 24.7 Å². The molecule has 1 unspecified atom stereocenters. The maximum atomic E-state index is 13.4. The molecule has 2 aromatic rings. The lowest BCUT2D eigenvalue weighted by atomic mass is 9.97. The van der Waals surface area contributed by atoms with Crippen LogP contribution in [0, 0.1) is 0 Å². The second kappa shape index (κ2) is 6.27. The normalized spacial score (nSPS) is 14.7. The van der Waals surface area contributed by atoms with Gasteiger partial charge in [0.05, 0.1) is 12.6 Å². The number of aromatic nitrogens is 4. The third-order valence-electron chi connectivity index (χ3n) is 3.50. The number of halogens is 3. The number of imidazole rings is 1. The van der Waals surface area contributed by atoms with Crippen LogP contribution in [-0.4, -0.2) is 36.5 Å². The fraction of sp³-hybridized carbons (Fsp3) is 0.500. The van der Waals surface area contributed by atoms with Gasteiger partial charge >= 0.3 is 6.18 Å². The van der Waals surface area contributed by atoms with Crippen LogP contribution in [0.1, 0.15) is 32.1 Å². The molecule has 2 N–H and O–H groups in total. The molecule has 0 aliphatic rings. The van der Waals surface area contributed by atoms with Crippen molar-refractivity contribution in [3.05, 3.63) is 30.5 Å². The summed E-state index contributed by atoms with van der Waals surface area (Å²) in [5.74, 6) is -1.40. The lowest BCUT2D eigenvalue weighted by Gasteiger charge is -2.29. The SMILES string of the molecule is CC(C)n1nccc1NC(=O)CC(O)(c1nccn1C)C(F)(F)F. The predicted octanol–water partition coefficient (Wildman–Crippen LogP) is 1.98. The van der Waals surface area contributed by atoms with Gasteiger partial charge in [0.2, 0.25) is 11.5 Å². The Bertz CT molecular complexity index is 722. The predicted molar refractivity (Wildman–Crippen MR) is 79.0 cm³/mol. The van der Waals surface area contributed by atoms with Crippen molar-refractivity contribution >= 4 is 11.7 Å². The number of carbonyl (C=O) groups excluding carboxylic acids is 1. The molecule has 0 aromatic carbocycles. The van der Waals surface area contributed by atoms with Gasteiger partial charge in [-0.2, -0.15) is 18.3 Å². The van der Waals surface area contributed by atoms with E-state index in [1.165, 1.54) is 30.2 Å². The lowest BCUT2D eigenvalue weighted by molar-refractivity contribution is -0.270. The molecule has 2 heterocycles. The molecule has 2 aromatic heterocycles. The number of hydrogen-bond acceptors (Lipinski definition) is 4. The van der Waals surface area contributed by atoms with Crippen molar-refractivity contribution in [3.8, 4) is 0 Å². The summed E-state index contributed by atoms with van der Waals surface area (Å²) in [6.45, 7) is 3.62. The average Bonchev–Trinajstić information content (AvgIpc) is 3.06. The summed E-state index contributed by atoms with van der Waals surface area (Å²) >= 11 is 0. The largest absolute Gasteiger partial charge is 0.425 e. The number of hydrogen-bond donors (Lipinski definition) is 2. The van der Waals surface area contributed by atoms with Gasteiger partial charge in [0.15, 0.2) is 5.82 Å². The number of anilines is 1. The minimum atomic E-state index is -5.07. The Morgan fingerprint density at radius 3 is 2.54 bits per heavy atom. The molecular formula is C14H18F3N5O2. The van der Waals surface area contributed by atoms with Crippen molar-refractivity contribution in [1.29, 1.82) is 0 Å². The number of aliphatic hydroxyl groups is 1. The maximum absolute atomic E-state index is 13.4. The maximum Gasteiger partial charge on any atom is 0.425 e. The Labute approximate surface area is 136 Å². The topological polar surface area (TPSA) is 85.0 Å². The van der Waals surface area contributed by atoms with Crippen LogP contribution >= 0.6 is 0 Å². The third kappa shape index (κ3) is 3.28. The Hall–Kier alpha value is -2.36. The molecule has 1 amide bonds. The molecule has 0 bridgehead atoms. The number of carbonyl (C=O) groups is 1. The zero-order valence-electron chi connectivity index (χ0n) is 13.4. The first-order chi connectivity index (χ1) is 11.1. The average molecular weight is 345 g/mol. The zero-order chi connectivity index (χ0) is 18.1. The van der Waals surface area contributed by atoms with E-state index in [1.54, 1.807) is 0 Å². The minimum absolute atomic E-state index is 0.0914. The first-order valence-electron chi connectivity index (χ1n) is 7.16. The molecule has 0 aliphatic heterocycles. The fourth-order valence-corrected chi connectivity index (χ4v) is 2.31. The number of rotatable bonds is 5.